The van der Waals surface area contributed by atoms with Crippen LogP contribution in [-0.2, 0) is 12.8 Å². The normalized spacial score (nSPS) is 20.5. The van der Waals surface area contributed by atoms with Gasteiger partial charge >= 0.3 is 0 Å². The molecule has 2 aliphatic rings. The van der Waals surface area contributed by atoms with Gasteiger partial charge < -0.3 is 16.0 Å². The fourth-order valence-corrected chi connectivity index (χ4v) is 3.79. The fourth-order valence-electron chi connectivity index (χ4n) is 3.79. The Morgan fingerprint density at radius 3 is 2.43 bits per heavy atom. The van der Waals surface area contributed by atoms with Gasteiger partial charge in [-0.2, -0.15) is 0 Å². The summed E-state index contributed by atoms with van der Waals surface area (Å²) in [6, 6.07) is -0.126. The molecule has 1 aromatic heterocycles. The number of aryl methyl sites for hydroxylation is 1. The van der Waals surface area contributed by atoms with E-state index in [1.807, 2.05) is 7.05 Å². The third-order valence-corrected chi connectivity index (χ3v) is 5.09. The molecule has 0 spiro atoms. The SMILES string of the molecule is CNCC(N)c1nc2c(c(N3CCCCCC3)n1)CCCCC2. The maximum atomic E-state index is 6.30. The van der Waals surface area contributed by atoms with Crippen molar-refractivity contribution in [2.75, 3.05) is 31.6 Å². The van der Waals surface area contributed by atoms with Crippen LogP contribution in [0.2, 0.25) is 0 Å². The zero-order valence-electron chi connectivity index (χ0n) is 14.5. The van der Waals surface area contributed by atoms with Crippen LogP contribution < -0.4 is 16.0 Å². The Bertz CT molecular complexity index is 508. The van der Waals surface area contributed by atoms with Gasteiger partial charge in [0.2, 0.25) is 0 Å². The van der Waals surface area contributed by atoms with Crippen LogP contribution in [0.15, 0.2) is 0 Å². The van der Waals surface area contributed by atoms with Crippen LogP contribution >= 0.6 is 0 Å². The van der Waals surface area contributed by atoms with Gasteiger partial charge in [0.15, 0.2) is 0 Å². The fraction of sp³-hybridized carbons (Fsp3) is 0.778. The van der Waals surface area contributed by atoms with E-state index in [-0.39, 0.29) is 6.04 Å². The smallest absolute Gasteiger partial charge is 0.148 e. The number of nitrogens with two attached hydrogens (primary N) is 1. The molecule has 1 aliphatic carbocycles. The quantitative estimate of drug-likeness (QED) is 0.834. The zero-order chi connectivity index (χ0) is 16.1. The lowest BCUT2D eigenvalue weighted by atomic mass is 10.1. The highest BCUT2D eigenvalue weighted by Crippen LogP contribution is 2.29. The highest BCUT2D eigenvalue weighted by molar-refractivity contribution is 5.50. The number of fused-ring (bicyclic) bond motifs is 1. The first-order chi connectivity index (χ1) is 11.3. The summed E-state index contributed by atoms with van der Waals surface area (Å²) >= 11 is 0. The van der Waals surface area contributed by atoms with E-state index in [9.17, 15) is 0 Å². The van der Waals surface area contributed by atoms with Crippen molar-refractivity contribution in [1.82, 2.24) is 15.3 Å². The summed E-state index contributed by atoms with van der Waals surface area (Å²) in [6.45, 7) is 2.98. The van der Waals surface area contributed by atoms with Crippen molar-refractivity contribution in [2.24, 2.45) is 5.73 Å². The van der Waals surface area contributed by atoms with Gasteiger partial charge in [0.1, 0.15) is 11.6 Å². The lowest BCUT2D eigenvalue weighted by Crippen LogP contribution is -2.30. The summed E-state index contributed by atoms with van der Waals surface area (Å²) < 4.78 is 0. The Balaban J connectivity index is 1.98. The average Bonchev–Trinajstić information content (AvgIpc) is 2.96. The first kappa shape index (κ1) is 16.7. The van der Waals surface area contributed by atoms with E-state index >= 15 is 0 Å². The van der Waals surface area contributed by atoms with Gasteiger partial charge in [0.25, 0.3) is 0 Å². The molecule has 0 amide bonds. The molecule has 1 aromatic rings. The van der Waals surface area contributed by atoms with Gasteiger partial charge in [0.05, 0.1) is 6.04 Å². The molecule has 1 aliphatic heterocycles. The van der Waals surface area contributed by atoms with Crippen LogP contribution in [0.4, 0.5) is 5.82 Å². The number of aromatic nitrogens is 2. The lowest BCUT2D eigenvalue weighted by Gasteiger charge is -2.26. The number of likely N-dealkylation sites (N-methyl/N-ethyl adjacent to an activating group) is 1. The molecule has 1 saturated heterocycles. The van der Waals surface area contributed by atoms with Gasteiger partial charge in [-0.05, 0) is 45.6 Å². The van der Waals surface area contributed by atoms with Crippen LogP contribution in [-0.4, -0.2) is 36.6 Å². The van der Waals surface area contributed by atoms with Crippen molar-refractivity contribution < 1.29 is 0 Å². The second kappa shape index (κ2) is 8.06. The van der Waals surface area contributed by atoms with Gasteiger partial charge in [-0.15, -0.1) is 0 Å². The zero-order valence-corrected chi connectivity index (χ0v) is 14.5. The molecule has 3 rings (SSSR count). The van der Waals surface area contributed by atoms with E-state index in [2.05, 4.69) is 10.2 Å². The van der Waals surface area contributed by atoms with Gasteiger partial charge in [-0.3, -0.25) is 0 Å². The molecule has 1 atom stereocenters. The molecule has 5 nitrogen and oxygen atoms in total. The Kier molecular flexibility index (Phi) is 5.84. The van der Waals surface area contributed by atoms with Gasteiger partial charge in [-0.1, -0.05) is 19.3 Å². The molecule has 128 valence electrons. The monoisotopic (exact) mass is 317 g/mol. The topological polar surface area (TPSA) is 67.1 Å². The summed E-state index contributed by atoms with van der Waals surface area (Å²) in [7, 11) is 1.93. The van der Waals surface area contributed by atoms with Crippen LogP contribution in [0.1, 0.15) is 68.1 Å². The first-order valence-electron chi connectivity index (χ1n) is 9.34. The minimum atomic E-state index is -0.126. The lowest BCUT2D eigenvalue weighted by molar-refractivity contribution is 0.607. The molecule has 2 heterocycles. The molecule has 0 radical (unpaired) electrons. The number of nitrogens with one attached hydrogen (secondary N) is 1. The summed E-state index contributed by atoms with van der Waals surface area (Å²) in [5.41, 5.74) is 8.97. The summed E-state index contributed by atoms with van der Waals surface area (Å²) in [5, 5.41) is 3.15. The van der Waals surface area contributed by atoms with Crippen LogP contribution in [0.25, 0.3) is 0 Å². The van der Waals surface area contributed by atoms with Crippen LogP contribution in [0.3, 0.4) is 0 Å². The Morgan fingerprint density at radius 2 is 1.70 bits per heavy atom. The van der Waals surface area contributed by atoms with Crippen LogP contribution in [0, 0.1) is 0 Å². The van der Waals surface area contributed by atoms with Crippen molar-refractivity contribution >= 4 is 5.82 Å². The third-order valence-electron chi connectivity index (χ3n) is 5.09. The maximum absolute atomic E-state index is 6.30. The van der Waals surface area contributed by atoms with Crippen molar-refractivity contribution in [2.45, 2.75) is 63.8 Å². The molecule has 0 bridgehead atoms. The molecule has 0 saturated carbocycles. The number of hydrogen-bond acceptors (Lipinski definition) is 5. The van der Waals surface area contributed by atoms with Crippen LogP contribution in [0.5, 0.6) is 0 Å². The number of hydrogen-bond donors (Lipinski definition) is 2. The first-order valence-corrected chi connectivity index (χ1v) is 9.34. The Hall–Kier alpha value is -1.20. The molecule has 3 N–H and O–H groups in total. The van der Waals surface area contributed by atoms with Crippen molar-refractivity contribution in [1.29, 1.82) is 0 Å². The van der Waals surface area contributed by atoms with E-state index < -0.39 is 0 Å². The molecular weight excluding hydrogens is 286 g/mol. The van der Waals surface area contributed by atoms with Gasteiger partial charge in [0, 0.05) is 30.9 Å². The molecular formula is C18H31N5. The van der Waals surface area contributed by atoms with E-state index in [4.69, 9.17) is 15.7 Å². The van der Waals surface area contributed by atoms with Gasteiger partial charge in [-0.25, -0.2) is 9.97 Å². The summed E-state index contributed by atoms with van der Waals surface area (Å²) in [6.07, 6.45) is 11.2. The average molecular weight is 317 g/mol. The standard InChI is InChI=1S/C18H31N5/c1-20-13-15(19)17-21-16-10-6-4-5-9-14(16)18(22-17)23-11-7-2-3-8-12-23/h15,20H,2-13,19H2,1H3. The van der Waals surface area contributed by atoms with E-state index in [0.717, 1.165) is 38.3 Å². The third kappa shape index (κ3) is 4.01. The molecule has 23 heavy (non-hydrogen) atoms. The number of nitrogens with zero attached hydrogens (tertiary/aromatic N) is 3. The second-order valence-electron chi connectivity index (χ2n) is 6.96. The minimum absolute atomic E-state index is 0.126. The second-order valence-corrected chi connectivity index (χ2v) is 6.96. The van der Waals surface area contributed by atoms with E-state index in [1.54, 1.807) is 0 Å². The largest absolute Gasteiger partial charge is 0.356 e. The molecule has 5 heteroatoms. The summed E-state index contributed by atoms with van der Waals surface area (Å²) in [4.78, 5) is 12.3. The van der Waals surface area contributed by atoms with Crippen molar-refractivity contribution in [3.8, 4) is 0 Å². The number of rotatable bonds is 4. The number of anilines is 1. The summed E-state index contributed by atoms with van der Waals surface area (Å²) in [5.74, 6) is 2.01. The predicted molar refractivity (Wildman–Crippen MR) is 94.8 cm³/mol. The van der Waals surface area contributed by atoms with Crippen molar-refractivity contribution in [3.05, 3.63) is 17.1 Å². The highest BCUT2D eigenvalue weighted by Gasteiger charge is 2.23. The Morgan fingerprint density at radius 1 is 1.00 bits per heavy atom. The Labute approximate surface area is 140 Å². The van der Waals surface area contributed by atoms with Crippen molar-refractivity contribution in [3.63, 3.8) is 0 Å². The van der Waals surface area contributed by atoms with E-state index in [1.165, 1.54) is 62.0 Å². The molecule has 1 unspecified atom stereocenters. The molecule has 1 fully saturated rings. The molecule has 0 aromatic carbocycles. The van der Waals surface area contributed by atoms with E-state index in [0.29, 0.717) is 0 Å². The maximum Gasteiger partial charge on any atom is 0.148 e. The predicted octanol–water partition coefficient (Wildman–Crippen LogP) is 2.35. The highest BCUT2D eigenvalue weighted by atomic mass is 15.2. The minimum Gasteiger partial charge on any atom is -0.356 e.